The van der Waals surface area contributed by atoms with Crippen LogP contribution < -0.4 is 5.73 Å². The summed E-state index contributed by atoms with van der Waals surface area (Å²) in [5.74, 6) is 0.466. The highest BCUT2D eigenvalue weighted by Gasteiger charge is 2.28. The number of halogens is 1. The Labute approximate surface area is 109 Å². The highest BCUT2D eigenvalue weighted by molar-refractivity contribution is 5.46. The maximum Gasteiger partial charge on any atom is 0.125 e. The molecule has 3 heteroatoms. The second kappa shape index (κ2) is 5.70. The van der Waals surface area contributed by atoms with E-state index in [0.29, 0.717) is 11.7 Å². The molecule has 2 N–H and O–H groups in total. The van der Waals surface area contributed by atoms with E-state index in [1.165, 1.54) is 31.4 Å². The summed E-state index contributed by atoms with van der Waals surface area (Å²) in [6.45, 7) is 6.46. The highest BCUT2D eigenvalue weighted by Crippen LogP contribution is 2.30. The van der Waals surface area contributed by atoms with E-state index >= 15 is 0 Å². The van der Waals surface area contributed by atoms with Gasteiger partial charge >= 0.3 is 0 Å². The van der Waals surface area contributed by atoms with Crippen LogP contribution in [0.4, 0.5) is 10.1 Å². The van der Waals surface area contributed by atoms with E-state index in [1.807, 2.05) is 6.07 Å². The molecule has 0 bridgehead atoms. The van der Waals surface area contributed by atoms with Gasteiger partial charge in [-0.15, -0.1) is 0 Å². The monoisotopic (exact) mass is 250 g/mol. The third-order valence-corrected chi connectivity index (χ3v) is 3.54. The van der Waals surface area contributed by atoms with Gasteiger partial charge in [-0.1, -0.05) is 19.9 Å². The zero-order chi connectivity index (χ0) is 13.1. The standard InChI is InChI=1S/C15H23FN2/c1-11(2)7-8-18(14-5-6-14)10-12-3-4-13(16)9-15(12)17/h3-4,9,11,14H,5-8,10,17H2,1-2H3. The Kier molecular flexibility index (Phi) is 4.23. The van der Waals surface area contributed by atoms with Crippen LogP contribution in [-0.4, -0.2) is 17.5 Å². The number of benzene rings is 1. The number of rotatable bonds is 6. The molecule has 2 rings (SSSR count). The average molecular weight is 250 g/mol. The molecule has 1 aromatic rings. The van der Waals surface area contributed by atoms with Gasteiger partial charge in [0.2, 0.25) is 0 Å². The van der Waals surface area contributed by atoms with Crippen LogP contribution in [-0.2, 0) is 6.54 Å². The van der Waals surface area contributed by atoms with Crippen LogP contribution in [0.25, 0.3) is 0 Å². The van der Waals surface area contributed by atoms with Gasteiger partial charge in [-0.05, 0) is 49.4 Å². The first kappa shape index (κ1) is 13.3. The SMILES string of the molecule is CC(C)CCN(Cc1ccc(F)cc1N)C1CC1. The van der Waals surface area contributed by atoms with Crippen molar-refractivity contribution in [1.82, 2.24) is 4.90 Å². The van der Waals surface area contributed by atoms with E-state index < -0.39 is 0 Å². The average Bonchev–Trinajstić information content (AvgIpc) is 3.10. The molecule has 0 heterocycles. The Balaban J connectivity index is 1.99. The van der Waals surface area contributed by atoms with Crippen LogP contribution in [0.3, 0.4) is 0 Å². The molecule has 2 nitrogen and oxygen atoms in total. The van der Waals surface area contributed by atoms with Crippen molar-refractivity contribution < 1.29 is 4.39 Å². The molecule has 1 aliphatic rings. The van der Waals surface area contributed by atoms with Crippen molar-refractivity contribution in [3.63, 3.8) is 0 Å². The summed E-state index contributed by atoms with van der Waals surface area (Å²) in [4.78, 5) is 2.49. The third-order valence-electron chi connectivity index (χ3n) is 3.54. The minimum absolute atomic E-state index is 0.253. The Morgan fingerprint density at radius 2 is 2.11 bits per heavy atom. The van der Waals surface area contributed by atoms with Gasteiger partial charge in [-0.2, -0.15) is 0 Å². The number of hydrogen-bond acceptors (Lipinski definition) is 2. The predicted molar refractivity (Wildman–Crippen MR) is 73.7 cm³/mol. The van der Waals surface area contributed by atoms with Crippen LogP contribution in [0.2, 0.25) is 0 Å². The van der Waals surface area contributed by atoms with Gasteiger partial charge in [0, 0.05) is 18.3 Å². The molecule has 1 aliphatic carbocycles. The van der Waals surface area contributed by atoms with E-state index in [0.717, 1.165) is 24.6 Å². The van der Waals surface area contributed by atoms with E-state index in [9.17, 15) is 4.39 Å². The van der Waals surface area contributed by atoms with E-state index in [2.05, 4.69) is 18.7 Å². The highest BCUT2D eigenvalue weighted by atomic mass is 19.1. The topological polar surface area (TPSA) is 29.3 Å². The summed E-state index contributed by atoms with van der Waals surface area (Å²) >= 11 is 0. The van der Waals surface area contributed by atoms with Crippen molar-refractivity contribution in [2.24, 2.45) is 5.92 Å². The fourth-order valence-corrected chi connectivity index (χ4v) is 2.18. The number of anilines is 1. The fourth-order valence-electron chi connectivity index (χ4n) is 2.18. The molecular weight excluding hydrogens is 227 g/mol. The van der Waals surface area contributed by atoms with Crippen molar-refractivity contribution in [2.45, 2.75) is 45.7 Å². The first-order valence-corrected chi connectivity index (χ1v) is 6.84. The summed E-state index contributed by atoms with van der Waals surface area (Å²) in [6.07, 6.45) is 3.79. The van der Waals surface area contributed by atoms with Crippen LogP contribution >= 0.6 is 0 Å². The minimum atomic E-state index is -0.253. The lowest BCUT2D eigenvalue weighted by atomic mass is 10.1. The smallest absolute Gasteiger partial charge is 0.125 e. The maximum atomic E-state index is 13.0. The van der Waals surface area contributed by atoms with Crippen molar-refractivity contribution in [3.8, 4) is 0 Å². The van der Waals surface area contributed by atoms with Gasteiger partial charge in [-0.25, -0.2) is 4.39 Å². The molecular formula is C15H23FN2. The minimum Gasteiger partial charge on any atom is -0.398 e. The molecule has 0 unspecified atom stereocenters. The lowest BCUT2D eigenvalue weighted by molar-refractivity contribution is 0.240. The van der Waals surface area contributed by atoms with E-state index in [-0.39, 0.29) is 5.82 Å². The van der Waals surface area contributed by atoms with Gasteiger partial charge < -0.3 is 5.73 Å². The fraction of sp³-hybridized carbons (Fsp3) is 0.600. The van der Waals surface area contributed by atoms with Crippen molar-refractivity contribution in [1.29, 1.82) is 0 Å². The summed E-state index contributed by atoms with van der Waals surface area (Å²) < 4.78 is 13.0. The number of hydrogen-bond donors (Lipinski definition) is 1. The van der Waals surface area contributed by atoms with Crippen molar-refractivity contribution >= 4 is 5.69 Å². The number of nitrogens with two attached hydrogens (primary N) is 1. The Morgan fingerprint density at radius 3 is 2.67 bits per heavy atom. The van der Waals surface area contributed by atoms with Crippen LogP contribution in [0, 0.1) is 11.7 Å². The van der Waals surface area contributed by atoms with Crippen LogP contribution in [0.1, 0.15) is 38.7 Å². The van der Waals surface area contributed by atoms with Crippen LogP contribution in [0.5, 0.6) is 0 Å². The van der Waals surface area contributed by atoms with Gasteiger partial charge in [0.05, 0.1) is 0 Å². The second-order valence-electron chi connectivity index (χ2n) is 5.73. The van der Waals surface area contributed by atoms with Crippen molar-refractivity contribution in [2.75, 3.05) is 12.3 Å². The summed E-state index contributed by atoms with van der Waals surface area (Å²) in [6, 6.07) is 5.45. The molecule has 1 fully saturated rings. The summed E-state index contributed by atoms with van der Waals surface area (Å²) in [5, 5.41) is 0. The predicted octanol–water partition coefficient (Wildman–Crippen LogP) is 3.42. The molecule has 0 amide bonds. The number of nitrogens with zero attached hydrogens (tertiary/aromatic N) is 1. The first-order valence-electron chi connectivity index (χ1n) is 6.84. The second-order valence-corrected chi connectivity index (χ2v) is 5.73. The van der Waals surface area contributed by atoms with Gasteiger partial charge in [0.1, 0.15) is 5.82 Å². The van der Waals surface area contributed by atoms with Crippen molar-refractivity contribution in [3.05, 3.63) is 29.6 Å². The zero-order valence-corrected chi connectivity index (χ0v) is 11.3. The van der Waals surface area contributed by atoms with Gasteiger partial charge in [-0.3, -0.25) is 4.90 Å². The third kappa shape index (κ3) is 3.70. The Morgan fingerprint density at radius 1 is 1.39 bits per heavy atom. The summed E-state index contributed by atoms with van der Waals surface area (Å²) in [7, 11) is 0. The normalized spacial score (nSPS) is 15.6. The molecule has 0 aromatic heterocycles. The first-order chi connectivity index (χ1) is 8.56. The molecule has 0 saturated heterocycles. The number of nitrogen functional groups attached to an aromatic ring is 1. The molecule has 1 aromatic carbocycles. The zero-order valence-electron chi connectivity index (χ0n) is 11.3. The van der Waals surface area contributed by atoms with Gasteiger partial charge in [0.15, 0.2) is 0 Å². The molecule has 18 heavy (non-hydrogen) atoms. The largest absolute Gasteiger partial charge is 0.398 e. The maximum absolute atomic E-state index is 13.0. The molecule has 0 radical (unpaired) electrons. The Hall–Kier alpha value is -1.09. The molecule has 0 spiro atoms. The molecule has 0 aliphatic heterocycles. The van der Waals surface area contributed by atoms with Crippen LogP contribution in [0.15, 0.2) is 18.2 Å². The van der Waals surface area contributed by atoms with Gasteiger partial charge in [0.25, 0.3) is 0 Å². The van der Waals surface area contributed by atoms with E-state index in [1.54, 1.807) is 0 Å². The lowest BCUT2D eigenvalue weighted by Gasteiger charge is -2.23. The lowest BCUT2D eigenvalue weighted by Crippen LogP contribution is -2.28. The Bertz CT molecular complexity index is 399. The quantitative estimate of drug-likeness (QED) is 0.784. The molecule has 1 saturated carbocycles. The molecule has 100 valence electrons. The molecule has 0 atom stereocenters. The summed E-state index contributed by atoms with van der Waals surface area (Å²) in [5.41, 5.74) is 7.50. The van der Waals surface area contributed by atoms with E-state index in [4.69, 9.17) is 5.73 Å².